The summed E-state index contributed by atoms with van der Waals surface area (Å²) < 4.78 is 5.56. The summed E-state index contributed by atoms with van der Waals surface area (Å²) in [4.78, 5) is 1.90. The molecular formula is C10H13BrOS. The molecule has 13 heavy (non-hydrogen) atoms. The van der Waals surface area contributed by atoms with E-state index >= 15 is 0 Å². The Morgan fingerprint density at radius 3 is 3.08 bits per heavy atom. The van der Waals surface area contributed by atoms with E-state index < -0.39 is 0 Å². The van der Waals surface area contributed by atoms with E-state index in [1.807, 2.05) is 11.3 Å². The lowest BCUT2D eigenvalue weighted by molar-refractivity contribution is 0.106. The minimum atomic E-state index is 0.395. The molecule has 3 heteroatoms. The van der Waals surface area contributed by atoms with Gasteiger partial charge >= 0.3 is 0 Å². The minimum absolute atomic E-state index is 0.395. The second kappa shape index (κ2) is 4.11. The molecule has 3 atom stereocenters. The molecule has 1 aliphatic rings. The van der Waals surface area contributed by atoms with E-state index in [1.54, 1.807) is 0 Å². The highest BCUT2D eigenvalue weighted by molar-refractivity contribution is 9.09. The van der Waals surface area contributed by atoms with Gasteiger partial charge in [-0.2, -0.15) is 0 Å². The van der Waals surface area contributed by atoms with Gasteiger partial charge in [-0.3, -0.25) is 0 Å². The molecule has 0 radical (unpaired) electrons. The summed E-state index contributed by atoms with van der Waals surface area (Å²) in [5.74, 6) is 0.638. The molecule has 0 aliphatic carbocycles. The lowest BCUT2D eigenvalue weighted by Crippen LogP contribution is -2.15. The monoisotopic (exact) mass is 260 g/mol. The smallest absolute Gasteiger partial charge is 0.0590 e. The first-order valence-corrected chi connectivity index (χ1v) is 6.37. The van der Waals surface area contributed by atoms with Crippen LogP contribution in [0.3, 0.4) is 0 Å². The maximum absolute atomic E-state index is 5.56. The Balaban J connectivity index is 2.08. The van der Waals surface area contributed by atoms with E-state index in [4.69, 9.17) is 4.74 Å². The van der Waals surface area contributed by atoms with Crippen molar-refractivity contribution in [1.29, 1.82) is 0 Å². The van der Waals surface area contributed by atoms with E-state index in [0.717, 1.165) is 6.61 Å². The van der Waals surface area contributed by atoms with Crippen molar-refractivity contribution in [2.24, 2.45) is 5.92 Å². The molecule has 0 amide bonds. The van der Waals surface area contributed by atoms with Crippen LogP contribution in [0.1, 0.15) is 23.0 Å². The molecular weight excluding hydrogens is 248 g/mol. The van der Waals surface area contributed by atoms with Gasteiger partial charge in [0.25, 0.3) is 0 Å². The number of hydrogen-bond acceptors (Lipinski definition) is 2. The Morgan fingerprint density at radius 2 is 2.54 bits per heavy atom. The lowest BCUT2D eigenvalue weighted by Gasteiger charge is -2.19. The molecule has 1 aromatic heterocycles. The Kier molecular flexibility index (Phi) is 3.06. The number of rotatable bonds is 2. The number of ether oxygens (including phenoxy) is 1. The Bertz CT molecular complexity index is 260. The van der Waals surface area contributed by atoms with Gasteiger partial charge in [0, 0.05) is 17.4 Å². The number of hydrogen-bond donors (Lipinski definition) is 0. The van der Waals surface area contributed by atoms with Crippen LogP contribution >= 0.6 is 27.3 Å². The van der Waals surface area contributed by atoms with E-state index in [9.17, 15) is 0 Å². The normalized spacial score (nSPS) is 30.6. The topological polar surface area (TPSA) is 9.23 Å². The highest BCUT2D eigenvalue weighted by Gasteiger charge is 2.31. The van der Waals surface area contributed by atoms with Crippen LogP contribution in [0.4, 0.5) is 0 Å². The molecule has 2 heterocycles. The maximum atomic E-state index is 5.56. The standard InChI is InChI=1S/C10H13BrOS/c1-7-8(4-5-12-7)10(11)9-3-2-6-13-9/h2-3,6-8,10H,4-5H2,1H3. The molecule has 3 unspecified atom stereocenters. The van der Waals surface area contributed by atoms with E-state index in [-0.39, 0.29) is 0 Å². The van der Waals surface area contributed by atoms with Crippen molar-refractivity contribution < 1.29 is 4.74 Å². The predicted molar refractivity (Wildman–Crippen MR) is 59.5 cm³/mol. The average Bonchev–Trinajstić information content (AvgIpc) is 2.72. The third-order valence-electron chi connectivity index (χ3n) is 2.63. The fraction of sp³-hybridized carbons (Fsp3) is 0.600. The van der Waals surface area contributed by atoms with Gasteiger partial charge in [0.2, 0.25) is 0 Å². The summed E-state index contributed by atoms with van der Waals surface area (Å²) in [6.45, 7) is 3.08. The van der Waals surface area contributed by atoms with Crippen molar-refractivity contribution >= 4 is 27.3 Å². The van der Waals surface area contributed by atoms with Crippen LogP contribution in [0, 0.1) is 5.92 Å². The maximum Gasteiger partial charge on any atom is 0.0590 e. The van der Waals surface area contributed by atoms with Gasteiger partial charge in [-0.25, -0.2) is 0 Å². The summed E-state index contributed by atoms with van der Waals surface area (Å²) in [6.07, 6.45) is 1.57. The lowest BCUT2D eigenvalue weighted by atomic mass is 9.98. The summed E-state index contributed by atoms with van der Waals surface area (Å²) in [5.41, 5.74) is 0. The van der Waals surface area contributed by atoms with Crippen LogP contribution in [-0.2, 0) is 4.74 Å². The quantitative estimate of drug-likeness (QED) is 0.739. The molecule has 1 fully saturated rings. The Labute approximate surface area is 91.2 Å². The third kappa shape index (κ3) is 1.97. The van der Waals surface area contributed by atoms with Crippen molar-refractivity contribution in [3.05, 3.63) is 22.4 Å². The second-order valence-corrected chi connectivity index (χ2v) is 5.41. The summed E-state index contributed by atoms with van der Waals surface area (Å²) in [5, 5.41) is 2.13. The second-order valence-electron chi connectivity index (χ2n) is 3.45. The Morgan fingerprint density at radius 1 is 1.69 bits per heavy atom. The highest BCUT2D eigenvalue weighted by atomic mass is 79.9. The molecule has 1 aliphatic heterocycles. The van der Waals surface area contributed by atoms with Crippen LogP contribution in [0.15, 0.2) is 17.5 Å². The van der Waals surface area contributed by atoms with Gasteiger partial charge in [0.05, 0.1) is 10.9 Å². The molecule has 0 N–H and O–H groups in total. The largest absolute Gasteiger partial charge is 0.378 e. The fourth-order valence-corrected chi connectivity index (χ4v) is 3.74. The van der Waals surface area contributed by atoms with Crippen LogP contribution in [0.5, 0.6) is 0 Å². The summed E-state index contributed by atoms with van der Waals surface area (Å²) in [6, 6.07) is 4.30. The summed E-state index contributed by atoms with van der Waals surface area (Å²) in [7, 11) is 0. The Hall–Kier alpha value is 0.140. The SMILES string of the molecule is CC1OCCC1C(Br)c1cccs1. The van der Waals surface area contributed by atoms with Crippen molar-refractivity contribution in [3.63, 3.8) is 0 Å². The van der Waals surface area contributed by atoms with Crippen LogP contribution in [-0.4, -0.2) is 12.7 Å². The molecule has 0 bridgehead atoms. The van der Waals surface area contributed by atoms with Crippen molar-refractivity contribution in [2.75, 3.05) is 6.61 Å². The van der Waals surface area contributed by atoms with E-state index in [0.29, 0.717) is 16.8 Å². The number of halogens is 1. The van der Waals surface area contributed by atoms with Gasteiger partial charge in [-0.05, 0) is 24.8 Å². The zero-order valence-electron chi connectivity index (χ0n) is 7.57. The molecule has 0 saturated carbocycles. The van der Waals surface area contributed by atoms with Crippen molar-refractivity contribution in [2.45, 2.75) is 24.3 Å². The molecule has 1 saturated heterocycles. The van der Waals surface area contributed by atoms with E-state index in [2.05, 4.69) is 40.4 Å². The fourth-order valence-electron chi connectivity index (χ4n) is 1.79. The zero-order chi connectivity index (χ0) is 9.26. The van der Waals surface area contributed by atoms with Crippen LogP contribution in [0.2, 0.25) is 0 Å². The highest BCUT2D eigenvalue weighted by Crippen LogP contribution is 2.40. The first kappa shape index (κ1) is 9.69. The first-order chi connectivity index (χ1) is 6.29. The average molecular weight is 261 g/mol. The van der Waals surface area contributed by atoms with Gasteiger partial charge in [-0.1, -0.05) is 22.0 Å². The molecule has 72 valence electrons. The zero-order valence-corrected chi connectivity index (χ0v) is 9.98. The number of alkyl halides is 1. The molecule has 0 aromatic carbocycles. The third-order valence-corrected chi connectivity index (χ3v) is 5.06. The molecule has 2 rings (SSSR count). The van der Waals surface area contributed by atoms with E-state index in [1.165, 1.54) is 11.3 Å². The number of thiophene rings is 1. The van der Waals surface area contributed by atoms with Gasteiger partial charge in [0.1, 0.15) is 0 Å². The predicted octanol–water partition coefficient (Wildman–Crippen LogP) is 3.61. The van der Waals surface area contributed by atoms with Crippen molar-refractivity contribution in [1.82, 2.24) is 0 Å². The summed E-state index contributed by atoms with van der Waals surface area (Å²) >= 11 is 5.58. The van der Waals surface area contributed by atoms with Crippen LogP contribution in [0.25, 0.3) is 0 Å². The van der Waals surface area contributed by atoms with Gasteiger partial charge in [0.15, 0.2) is 0 Å². The first-order valence-electron chi connectivity index (χ1n) is 4.58. The van der Waals surface area contributed by atoms with Crippen LogP contribution < -0.4 is 0 Å². The minimum Gasteiger partial charge on any atom is -0.378 e. The van der Waals surface area contributed by atoms with Gasteiger partial charge in [-0.15, -0.1) is 11.3 Å². The van der Waals surface area contributed by atoms with Crippen molar-refractivity contribution in [3.8, 4) is 0 Å². The van der Waals surface area contributed by atoms with Gasteiger partial charge < -0.3 is 4.74 Å². The molecule has 1 nitrogen and oxygen atoms in total. The molecule has 0 spiro atoms. The molecule has 1 aromatic rings.